The fourth-order valence-corrected chi connectivity index (χ4v) is 4.04. The fraction of sp³-hybridized carbons (Fsp3) is 0.429. The molecule has 0 unspecified atom stereocenters. The van der Waals surface area contributed by atoms with E-state index in [-0.39, 0.29) is 5.82 Å². The predicted molar refractivity (Wildman–Crippen MR) is 101 cm³/mol. The summed E-state index contributed by atoms with van der Waals surface area (Å²) in [5.74, 6) is 0.581. The summed E-state index contributed by atoms with van der Waals surface area (Å²) in [5.41, 5.74) is 3.08. The zero-order valence-electron chi connectivity index (χ0n) is 15.2. The second-order valence-corrected chi connectivity index (χ2v) is 7.41. The van der Waals surface area contributed by atoms with Gasteiger partial charge in [-0.15, -0.1) is 0 Å². The van der Waals surface area contributed by atoms with Crippen molar-refractivity contribution in [3.05, 3.63) is 65.5 Å². The minimum atomic E-state index is -0.184. The Bertz CT molecular complexity index is 757. The molecular formula is C21H25FN4. The van der Waals surface area contributed by atoms with Gasteiger partial charge in [-0.1, -0.05) is 24.3 Å². The molecule has 0 bridgehead atoms. The van der Waals surface area contributed by atoms with Crippen molar-refractivity contribution in [1.29, 1.82) is 0 Å². The summed E-state index contributed by atoms with van der Waals surface area (Å²) in [6.45, 7) is 7.28. The van der Waals surface area contributed by atoms with Gasteiger partial charge >= 0.3 is 0 Å². The van der Waals surface area contributed by atoms with Crippen LogP contribution in [-0.4, -0.2) is 52.0 Å². The molecule has 3 heterocycles. The average molecular weight is 352 g/mol. The highest BCUT2D eigenvalue weighted by atomic mass is 19.1. The molecule has 2 aliphatic rings. The lowest BCUT2D eigenvalue weighted by Crippen LogP contribution is -2.63. The Hall–Kier alpha value is -2.11. The number of aromatic nitrogens is 2. The van der Waals surface area contributed by atoms with Gasteiger partial charge < -0.3 is 0 Å². The van der Waals surface area contributed by atoms with Gasteiger partial charge in [0.15, 0.2) is 0 Å². The second kappa shape index (κ2) is 7.64. The molecule has 0 radical (unpaired) electrons. The van der Waals surface area contributed by atoms with Crippen LogP contribution in [0.1, 0.15) is 23.4 Å². The van der Waals surface area contributed by atoms with Crippen LogP contribution >= 0.6 is 0 Å². The highest BCUT2D eigenvalue weighted by Crippen LogP contribution is 2.32. The number of hydrogen-bond acceptors (Lipinski definition) is 4. The van der Waals surface area contributed by atoms with Crippen LogP contribution in [0.3, 0.4) is 0 Å². The molecule has 1 aromatic heterocycles. The molecule has 2 aromatic rings. The molecule has 1 aromatic carbocycles. The Morgan fingerprint density at radius 1 is 1.15 bits per heavy atom. The summed E-state index contributed by atoms with van der Waals surface area (Å²) in [4.78, 5) is 13.9. The highest BCUT2D eigenvalue weighted by Gasteiger charge is 2.41. The SMILES string of the molecule is Cc1cnc(CN2CC[C@H]3[C@@H](C2)CN3C/C=C/c2ccc(F)cc2)cn1. The van der Waals surface area contributed by atoms with E-state index < -0.39 is 0 Å². The number of piperidine rings is 1. The van der Waals surface area contributed by atoms with Crippen molar-refractivity contribution in [2.45, 2.75) is 25.9 Å². The summed E-state index contributed by atoms with van der Waals surface area (Å²) in [6, 6.07) is 7.35. The topological polar surface area (TPSA) is 32.3 Å². The molecular weight excluding hydrogens is 327 g/mol. The van der Waals surface area contributed by atoms with Crippen molar-refractivity contribution in [2.75, 3.05) is 26.2 Å². The molecule has 2 atom stereocenters. The lowest BCUT2D eigenvalue weighted by atomic mass is 9.82. The van der Waals surface area contributed by atoms with Gasteiger partial charge in [-0.25, -0.2) is 4.39 Å². The van der Waals surface area contributed by atoms with Crippen LogP contribution in [0.25, 0.3) is 6.08 Å². The summed E-state index contributed by atoms with van der Waals surface area (Å²) >= 11 is 0. The Balaban J connectivity index is 1.24. The monoisotopic (exact) mass is 352 g/mol. The number of aryl methyl sites for hydroxylation is 1. The number of benzene rings is 1. The quantitative estimate of drug-likeness (QED) is 0.828. The van der Waals surface area contributed by atoms with Crippen molar-refractivity contribution in [3.63, 3.8) is 0 Å². The average Bonchev–Trinajstić information content (AvgIpc) is 2.63. The van der Waals surface area contributed by atoms with Crippen molar-refractivity contribution in [1.82, 2.24) is 19.8 Å². The normalized spacial score (nSPS) is 23.8. The van der Waals surface area contributed by atoms with Crippen molar-refractivity contribution in [3.8, 4) is 0 Å². The number of hydrogen-bond donors (Lipinski definition) is 0. The maximum absolute atomic E-state index is 12.9. The molecule has 0 spiro atoms. The lowest BCUT2D eigenvalue weighted by molar-refractivity contribution is -0.0378. The molecule has 5 heteroatoms. The Morgan fingerprint density at radius 2 is 2.00 bits per heavy atom. The minimum absolute atomic E-state index is 0.184. The van der Waals surface area contributed by atoms with Crippen molar-refractivity contribution in [2.24, 2.45) is 5.92 Å². The first-order valence-corrected chi connectivity index (χ1v) is 9.33. The van der Waals surface area contributed by atoms with E-state index in [9.17, 15) is 4.39 Å². The lowest BCUT2D eigenvalue weighted by Gasteiger charge is -2.53. The van der Waals surface area contributed by atoms with E-state index in [2.05, 4.69) is 31.9 Å². The highest BCUT2D eigenvalue weighted by molar-refractivity contribution is 5.49. The summed E-state index contributed by atoms with van der Waals surface area (Å²) < 4.78 is 12.9. The first-order chi connectivity index (χ1) is 12.7. The molecule has 0 N–H and O–H groups in total. The van der Waals surface area contributed by atoms with Crippen LogP contribution in [0.4, 0.5) is 4.39 Å². The molecule has 136 valence electrons. The number of fused-ring (bicyclic) bond motifs is 1. The maximum atomic E-state index is 12.9. The third kappa shape index (κ3) is 4.00. The van der Waals surface area contributed by atoms with Crippen LogP contribution in [0.5, 0.6) is 0 Å². The first-order valence-electron chi connectivity index (χ1n) is 9.33. The molecule has 0 aliphatic carbocycles. The van der Waals surface area contributed by atoms with Crippen LogP contribution in [0.2, 0.25) is 0 Å². The van der Waals surface area contributed by atoms with E-state index in [0.29, 0.717) is 6.04 Å². The molecule has 4 nitrogen and oxygen atoms in total. The summed E-state index contributed by atoms with van der Waals surface area (Å²) in [7, 11) is 0. The Morgan fingerprint density at radius 3 is 2.73 bits per heavy atom. The van der Waals surface area contributed by atoms with Crippen molar-refractivity contribution >= 4 is 6.08 Å². The zero-order chi connectivity index (χ0) is 17.9. The summed E-state index contributed by atoms with van der Waals surface area (Å²) in [5, 5.41) is 0. The van der Waals surface area contributed by atoms with Gasteiger partial charge in [-0.05, 0) is 37.0 Å². The molecule has 2 saturated heterocycles. The molecule has 26 heavy (non-hydrogen) atoms. The largest absolute Gasteiger partial charge is 0.297 e. The van der Waals surface area contributed by atoms with Gasteiger partial charge in [0.1, 0.15) is 5.82 Å². The van der Waals surface area contributed by atoms with Gasteiger partial charge in [-0.3, -0.25) is 19.8 Å². The third-order valence-corrected chi connectivity index (χ3v) is 5.46. The van der Waals surface area contributed by atoms with Crippen LogP contribution in [0, 0.1) is 18.7 Å². The van der Waals surface area contributed by atoms with E-state index in [0.717, 1.165) is 55.6 Å². The van der Waals surface area contributed by atoms with Gasteiger partial charge in [0, 0.05) is 51.2 Å². The molecule has 0 amide bonds. The van der Waals surface area contributed by atoms with Gasteiger partial charge in [0.25, 0.3) is 0 Å². The first kappa shape index (κ1) is 17.3. The van der Waals surface area contributed by atoms with Gasteiger partial charge in [-0.2, -0.15) is 0 Å². The van der Waals surface area contributed by atoms with Gasteiger partial charge in [0.05, 0.1) is 11.4 Å². The second-order valence-electron chi connectivity index (χ2n) is 7.41. The molecule has 2 aliphatic heterocycles. The Labute approximate surface area is 154 Å². The zero-order valence-corrected chi connectivity index (χ0v) is 15.2. The van der Waals surface area contributed by atoms with Gasteiger partial charge in [0.2, 0.25) is 0 Å². The standard InChI is InChI=1S/C21H25FN4/c1-16-11-24-20(12-23-16)15-25-10-8-21-18(13-25)14-26(21)9-2-3-17-4-6-19(22)7-5-17/h2-7,11-12,18,21H,8-10,13-15H2,1H3/b3-2+/t18-,21-/m0/s1. The number of halogens is 1. The van der Waals surface area contributed by atoms with Crippen LogP contribution in [0.15, 0.2) is 42.7 Å². The molecule has 0 saturated carbocycles. The van der Waals surface area contributed by atoms with E-state index in [1.165, 1.54) is 18.6 Å². The third-order valence-electron chi connectivity index (χ3n) is 5.46. The van der Waals surface area contributed by atoms with Crippen LogP contribution in [-0.2, 0) is 6.54 Å². The minimum Gasteiger partial charge on any atom is -0.297 e. The molecule has 2 fully saturated rings. The number of rotatable bonds is 5. The fourth-order valence-electron chi connectivity index (χ4n) is 4.04. The van der Waals surface area contributed by atoms with E-state index in [1.54, 1.807) is 0 Å². The van der Waals surface area contributed by atoms with Crippen LogP contribution < -0.4 is 0 Å². The molecule has 4 rings (SSSR count). The number of nitrogens with zero attached hydrogens (tertiary/aromatic N) is 4. The summed E-state index contributed by atoms with van der Waals surface area (Å²) in [6.07, 6.45) is 9.24. The maximum Gasteiger partial charge on any atom is 0.123 e. The Kier molecular flexibility index (Phi) is 5.09. The van der Waals surface area contributed by atoms with E-state index in [4.69, 9.17) is 0 Å². The van der Waals surface area contributed by atoms with Crippen molar-refractivity contribution < 1.29 is 4.39 Å². The van der Waals surface area contributed by atoms with E-state index in [1.807, 2.05) is 31.5 Å². The number of likely N-dealkylation sites (tertiary alicyclic amines) is 2. The van der Waals surface area contributed by atoms with E-state index >= 15 is 0 Å². The predicted octanol–water partition coefficient (Wildman–Crippen LogP) is 3.14. The smallest absolute Gasteiger partial charge is 0.123 e.